The van der Waals surface area contributed by atoms with Crippen LogP contribution >= 0.6 is 0 Å². The zero-order valence-electron chi connectivity index (χ0n) is 9.23. The van der Waals surface area contributed by atoms with Gasteiger partial charge in [0.05, 0.1) is 6.42 Å². The second-order valence-corrected chi connectivity index (χ2v) is 4.07. The number of aryl methyl sites for hydroxylation is 1. The van der Waals surface area contributed by atoms with Crippen LogP contribution in [-0.2, 0) is 6.54 Å². The molecule has 86 valence electrons. The Hall–Kier alpha value is -0.930. The molecule has 0 unspecified atom stereocenters. The Labute approximate surface area is 87.9 Å². The first kappa shape index (κ1) is 12.1. The van der Waals surface area contributed by atoms with Crippen molar-refractivity contribution in [2.45, 2.75) is 45.8 Å². The van der Waals surface area contributed by atoms with E-state index in [1.54, 1.807) is 10.8 Å². The van der Waals surface area contributed by atoms with Crippen molar-refractivity contribution in [2.24, 2.45) is 0 Å². The molecule has 0 fully saturated rings. The van der Waals surface area contributed by atoms with E-state index in [2.05, 4.69) is 0 Å². The lowest BCUT2D eigenvalue weighted by atomic mass is 10.0. The fourth-order valence-corrected chi connectivity index (χ4v) is 1.67. The molecule has 0 aliphatic carbocycles. The fraction of sp³-hybridized carbons (Fsp3) is 0.636. The van der Waals surface area contributed by atoms with Crippen LogP contribution in [0.5, 0.6) is 0 Å². The molecular formula is C11H16F3N. The molecular weight excluding hydrogens is 203 g/mol. The second kappa shape index (κ2) is 4.29. The second-order valence-electron chi connectivity index (χ2n) is 4.07. The summed E-state index contributed by atoms with van der Waals surface area (Å²) in [6.07, 6.45) is -3.11. The Morgan fingerprint density at radius 3 is 2.33 bits per heavy atom. The van der Waals surface area contributed by atoms with Crippen LogP contribution in [0.2, 0.25) is 0 Å². The average Bonchev–Trinajstić information content (AvgIpc) is 2.42. The molecule has 0 aliphatic heterocycles. The molecule has 0 amide bonds. The normalized spacial score (nSPS) is 12.5. The number of hydrogen-bond donors (Lipinski definition) is 0. The largest absolute Gasteiger partial charge is 0.390 e. The van der Waals surface area contributed by atoms with E-state index in [0.29, 0.717) is 5.92 Å². The molecule has 0 atom stereocenters. The maximum Gasteiger partial charge on any atom is 0.390 e. The van der Waals surface area contributed by atoms with Gasteiger partial charge < -0.3 is 4.57 Å². The van der Waals surface area contributed by atoms with E-state index in [4.69, 9.17) is 0 Å². The van der Waals surface area contributed by atoms with Crippen molar-refractivity contribution < 1.29 is 13.2 Å². The van der Waals surface area contributed by atoms with Gasteiger partial charge in [-0.3, -0.25) is 0 Å². The Morgan fingerprint density at radius 2 is 1.93 bits per heavy atom. The van der Waals surface area contributed by atoms with Crippen LogP contribution in [0, 0.1) is 6.92 Å². The van der Waals surface area contributed by atoms with Gasteiger partial charge in [0.1, 0.15) is 0 Å². The molecule has 0 aliphatic rings. The molecule has 15 heavy (non-hydrogen) atoms. The van der Waals surface area contributed by atoms with Crippen molar-refractivity contribution in [2.75, 3.05) is 0 Å². The van der Waals surface area contributed by atoms with Gasteiger partial charge in [-0.25, -0.2) is 0 Å². The van der Waals surface area contributed by atoms with Gasteiger partial charge in [-0.15, -0.1) is 0 Å². The van der Waals surface area contributed by atoms with E-state index < -0.39 is 12.6 Å². The topological polar surface area (TPSA) is 4.93 Å². The van der Waals surface area contributed by atoms with Gasteiger partial charge in [-0.1, -0.05) is 13.8 Å². The molecule has 1 rings (SSSR count). The molecule has 1 nitrogen and oxygen atoms in total. The summed E-state index contributed by atoms with van der Waals surface area (Å²) in [6, 6.07) is 1.90. The smallest absolute Gasteiger partial charge is 0.351 e. The maximum atomic E-state index is 12.0. The average molecular weight is 219 g/mol. The molecule has 0 N–H and O–H groups in total. The molecule has 1 heterocycles. The Balaban J connectivity index is 2.71. The minimum absolute atomic E-state index is 0.0159. The number of halogens is 3. The summed E-state index contributed by atoms with van der Waals surface area (Å²) < 4.78 is 37.7. The van der Waals surface area contributed by atoms with Gasteiger partial charge in [0, 0.05) is 18.4 Å². The quantitative estimate of drug-likeness (QED) is 0.727. The van der Waals surface area contributed by atoms with Crippen molar-refractivity contribution in [3.63, 3.8) is 0 Å². The van der Waals surface area contributed by atoms with Gasteiger partial charge in [0.15, 0.2) is 0 Å². The van der Waals surface area contributed by atoms with Gasteiger partial charge in [0.25, 0.3) is 0 Å². The van der Waals surface area contributed by atoms with Gasteiger partial charge in [-0.2, -0.15) is 13.2 Å². The zero-order valence-corrected chi connectivity index (χ0v) is 9.23. The Morgan fingerprint density at radius 1 is 1.33 bits per heavy atom. The van der Waals surface area contributed by atoms with Crippen molar-refractivity contribution >= 4 is 0 Å². The molecule has 1 aromatic rings. The van der Waals surface area contributed by atoms with Crippen LogP contribution in [0.15, 0.2) is 12.3 Å². The van der Waals surface area contributed by atoms with Crippen LogP contribution < -0.4 is 0 Å². The molecule has 0 saturated heterocycles. The molecule has 0 bridgehead atoms. The van der Waals surface area contributed by atoms with Crippen LogP contribution in [-0.4, -0.2) is 10.7 Å². The molecule has 0 spiro atoms. The first-order chi connectivity index (χ1) is 6.81. The van der Waals surface area contributed by atoms with E-state index in [9.17, 15) is 13.2 Å². The van der Waals surface area contributed by atoms with Crippen molar-refractivity contribution in [3.8, 4) is 0 Å². The Bertz CT molecular complexity index is 323. The van der Waals surface area contributed by atoms with E-state index in [1.165, 1.54) is 0 Å². The first-order valence-electron chi connectivity index (χ1n) is 5.03. The van der Waals surface area contributed by atoms with E-state index in [-0.39, 0.29) is 6.54 Å². The highest BCUT2D eigenvalue weighted by molar-refractivity contribution is 5.24. The third-order valence-corrected chi connectivity index (χ3v) is 2.54. The predicted octanol–water partition coefficient (Wildman–Crippen LogP) is 3.87. The molecule has 0 radical (unpaired) electrons. The van der Waals surface area contributed by atoms with Crippen LogP contribution in [0.25, 0.3) is 0 Å². The fourth-order valence-electron chi connectivity index (χ4n) is 1.67. The standard InChI is InChI=1S/C11H16F3N/c1-8(2)10-4-6-15(9(10)3)7-5-11(12,13)14/h4,6,8H,5,7H2,1-3H3. The lowest BCUT2D eigenvalue weighted by molar-refractivity contribution is -0.136. The highest BCUT2D eigenvalue weighted by Gasteiger charge is 2.26. The number of nitrogens with zero attached hydrogens (tertiary/aromatic N) is 1. The van der Waals surface area contributed by atoms with Gasteiger partial charge >= 0.3 is 6.18 Å². The lowest BCUT2D eigenvalue weighted by Crippen LogP contribution is -2.12. The number of rotatable bonds is 3. The number of aromatic nitrogens is 1. The van der Waals surface area contributed by atoms with Crippen LogP contribution in [0.4, 0.5) is 13.2 Å². The van der Waals surface area contributed by atoms with Gasteiger partial charge in [0.2, 0.25) is 0 Å². The number of hydrogen-bond acceptors (Lipinski definition) is 0. The summed E-state index contributed by atoms with van der Waals surface area (Å²) in [7, 11) is 0. The van der Waals surface area contributed by atoms with Crippen molar-refractivity contribution in [1.82, 2.24) is 4.57 Å². The SMILES string of the molecule is Cc1c(C(C)C)ccn1CCC(F)(F)F. The van der Waals surface area contributed by atoms with Crippen molar-refractivity contribution in [3.05, 3.63) is 23.5 Å². The van der Waals surface area contributed by atoms with Crippen LogP contribution in [0.3, 0.4) is 0 Å². The molecule has 4 heteroatoms. The highest BCUT2D eigenvalue weighted by Crippen LogP contribution is 2.24. The van der Waals surface area contributed by atoms with Crippen molar-refractivity contribution in [1.29, 1.82) is 0 Å². The summed E-state index contributed by atoms with van der Waals surface area (Å²) in [5.41, 5.74) is 2.06. The summed E-state index contributed by atoms with van der Waals surface area (Å²) >= 11 is 0. The summed E-state index contributed by atoms with van der Waals surface area (Å²) in [4.78, 5) is 0. The molecule has 0 aromatic carbocycles. The summed E-state index contributed by atoms with van der Waals surface area (Å²) in [5.74, 6) is 0.358. The van der Waals surface area contributed by atoms with Gasteiger partial charge in [-0.05, 0) is 24.5 Å². The lowest BCUT2D eigenvalue weighted by Gasteiger charge is -2.11. The minimum Gasteiger partial charge on any atom is -0.351 e. The third kappa shape index (κ3) is 3.29. The third-order valence-electron chi connectivity index (χ3n) is 2.54. The zero-order chi connectivity index (χ0) is 11.6. The summed E-state index contributed by atoms with van der Waals surface area (Å²) in [5, 5.41) is 0. The Kier molecular flexibility index (Phi) is 3.47. The highest BCUT2D eigenvalue weighted by atomic mass is 19.4. The summed E-state index contributed by atoms with van der Waals surface area (Å²) in [6.45, 7) is 5.96. The number of alkyl halides is 3. The van der Waals surface area contributed by atoms with E-state index >= 15 is 0 Å². The first-order valence-corrected chi connectivity index (χ1v) is 5.03. The van der Waals surface area contributed by atoms with E-state index in [0.717, 1.165) is 11.3 Å². The van der Waals surface area contributed by atoms with Crippen LogP contribution in [0.1, 0.15) is 37.4 Å². The van der Waals surface area contributed by atoms with E-state index in [1.807, 2.05) is 26.8 Å². The monoisotopic (exact) mass is 219 g/mol. The maximum absolute atomic E-state index is 12.0. The minimum atomic E-state index is -4.07. The molecule has 0 saturated carbocycles. The molecule has 1 aromatic heterocycles. The predicted molar refractivity (Wildman–Crippen MR) is 53.9 cm³/mol.